The van der Waals surface area contributed by atoms with Crippen LogP contribution in [-0.4, -0.2) is 56.2 Å². The first-order chi connectivity index (χ1) is 16.1. The third-order valence-electron chi connectivity index (χ3n) is 5.72. The fourth-order valence-electron chi connectivity index (χ4n) is 3.67. The van der Waals surface area contributed by atoms with Crippen molar-refractivity contribution in [2.24, 2.45) is 0 Å². The van der Waals surface area contributed by atoms with Crippen LogP contribution in [0.2, 0.25) is 0 Å². The van der Waals surface area contributed by atoms with Gasteiger partial charge in [0.05, 0.1) is 13.2 Å². The molecule has 0 aromatic heterocycles. The van der Waals surface area contributed by atoms with Crippen molar-refractivity contribution in [3.63, 3.8) is 0 Å². The van der Waals surface area contributed by atoms with Crippen LogP contribution in [0.15, 0.2) is 0 Å². The fraction of sp³-hybridized carbons (Fsp3) is 0.885. The molecular formula is C26H49NO6. The van der Waals surface area contributed by atoms with Gasteiger partial charge in [-0.1, -0.05) is 77.0 Å². The lowest BCUT2D eigenvalue weighted by atomic mass is 10.0. The van der Waals surface area contributed by atoms with Gasteiger partial charge in [0.2, 0.25) is 5.91 Å². The first-order valence-corrected chi connectivity index (χ1v) is 13.2. The molecule has 0 aliphatic rings. The molecule has 33 heavy (non-hydrogen) atoms. The summed E-state index contributed by atoms with van der Waals surface area (Å²) in [6, 6.07) is 0. The standard InChI is InChI=1S/C26H49NO6/c1-27-25(29)23-33-22-21-32-20-16-18-24(28)17-14-12-10-8-6-4-2-3-5-7-9-11-13-15-19-26(30)31/h2-23H2,1H3,(H,27,29)(H,30,31). The van der Waals surface area contributed by atoms with Crippen LogP contribution in [0.5, 0.6) is 0 Å². The van der Waals surface area contributed by atoms with E-state index in [1.807, 2.05) is 0 Å². The number of amides is 1. The van der Waals surface area contributed by atoms with Crippen molar-refractivity contribution >= 4 is 17.7 Å². The molecule has 0 bridgehead atoms. The van der Waals surface area contributed by atoms with Crippen LogP contribution in [0.25, 0.3) is 0 Å². The molecule has 194 valence electrons. The minimum atomic E-state index is -0.680. The van der Waals surface area contributed by atoms with E-state index in [9.17, 15) is 14.4 Å². The minimum absolute atomic E-state index is 0.0538. The number of likely N-dealkylation sites (N-methyl/N-ethyl adjacent to an activating group) is 1. The number of ketones is 1. The number of aliphatic carboxylic acids is 1. The summed E-state index contributed by atoms with van der Waals surface area (Å²) in [4.78, 5) is 33.3. The van der Waals surface area contributed by atoms with Crippen LogP contribution in [0.1, 0.15) is 116 Å². The van der Waals surface area contributed by atoms with Crippen LogP contribution in [0.3, 0.4) is 0 Å². The summed E-state index contributed by atoms with van der Waals surface area (Å²) in [5.41, 5.74) is 0. The molecule has 0 saturated carbocycles. The second kappa shape index (κ2) is 25.2. The van der Waals surface area contributed by atoms with Crippen molar-refractivity contribution in [1.29, 1.82) is 0 Å². The molecule has 0 aromatic rings. The number of unbranched alkanes of at least 4 members (excludes halogenated alkanes) is 13. The zero-order valence-electron chi connectivity index (χ0n) is 21.0. The summed E-state index contributed by atoms with van der Waals surface area (Å²) in [5, 5.41) is 11.1. The molecule has 0 heterocycles. The lowest BCUT2D eigenvalue weighted by Crippen LogP contribution is -2.24. The third kappa shape index (κ3) is 26.7. The van der Waals surface area contributed by atoms with Crippen molar-refractivity contribution in [1.82, 2.24) is 5.32 Å². The van der Waals surface area contributed by atoms with Crippen molar-refractivity contribution in [2.75, 3.05) is 33.5 Å². The quantitative estimate of drug-likeness (QED) is 0.163. The van der Waals surface area contributed by atoms with Gasteiger partial charge in [-0.2, -0.15) is 0 Å². The number of hydrogen-bond acceptors (Lipinski definition) is 5. The van der Waals surface area contributed by atoms with Crippen LogP contribution >= 0.6 is 0 Å². The number of nitrogens with one attached hydrogen (secondary N) is 1. The van der Waals surface area contributed by atoms with Gasteiger partial charge in [-0.05, 0) is 19.3 Å². The smallest absolute Gasteiger partial charge is 0.303 e. The Morgan fingerprint density at radius 1 is 0.576 bits per heavy atom. The van der Waals surface area contributed by atoms with Crippen molar-refractivity contribution in [2.45, 2.75) is 116 Å². The largest absolute Gasteiger partial charge is 0.481 e. The van der Waals surface area contributed by atoms with Crippen molar-refractivity contribution in [3.8, 4) is 0 Å². The van der Waals surface area contributed by atoms with Crippen LogP contribution in [0.4, 0.5) is 0 Å². The maximum Gasteiger partial charge on any atom is 0.303 e. The van der Waals surface area contributed by atoms with E-state index >= 15 is 0 Å². The number of ether oxygens (including phenoxy) is 2. The zero-order chi connectivity index (χ0) is 24.4. The van der Waals surface area contributed by atoms with Gasteiger partial charge in [-0.3, -0.25) is 14.4 Å². The Labute approximate surface area is 201 Å². The van der Waals surface area contributed by atoms with E-state index in [-0.39, 0.29) is 12.5 Å². The average molecular weight is 472 g/mol. The molecule has 0 atom stereocenters. The summed E-state index contributed by atoms with van der Waals surface area (Å²) >= 11 is 0. The molecule has 0 fully saturated rings. The van der Waals surface area contributed by atoms with E-state index in [0.29, 0.717) is 44.9 Å². The molecule has 0 unspecified atom stereocenters. The minimum Gasteiger partial charge on any atom is -0.481 e. The number of carboxylic acids is 1. The van der Waals surface area contributed by atoms with Gasteiger partial charge in [0.1, 0.15) is 12.4 Å². The van der Waals surface area contributed by atoms with Crippen LogP contribution < -0.4 is 5.32 Å². The highest BCUT2D eigenvalue weighted by atomic mass is 16.5. The Morgan fingerprint density at radius 2 is 1.00 bits per heavy atom. The number of carbonyl (C=O) groups excluding carboxylic acids is 2. The van der Waals surface area contributed by atoms with E-state index in [1.54, 1.807) is 7.05 Å². The number of rotatable bonds is 26. The summed E-state index contributed by atoms with van der Waals surface area (Å²) in [6.45, 7) is 1.44. The van der Waals surface area contributed by atoms with E-state index in [1.165, 1.54) is 64.2 Å². The molecule has 0 aliphatic carbocycles. The molecule has 0 radical (unpaired) electrons. The van der Waals surface area contributed by atoms with Crippen molar-refractivity contribution in [3.05, 3.63) is 0 Å². The lowest BCUT2D eigenvalue weighted by Gasteiger charge is -2.05. The fourth-order valence-corrected chi connectivity index (χ4v) is 3.67. The predicted octanol–water partition coefficient (Wildman–Crippen LogP) is 5.44. The number of carboxylic acid groups (broad SMARTS) is 1. The van der Waals surface area contributed by atoms with Gasteiger partial charge >= 0.3 is 5.97 Å². The highest BCUT2D eigenvalue weighted by molar-refractivity contribution is 5.78. The number of Topliss-reactive ketones (excluding diaryl/α,β-unsaturated/α-hetero) is 1. The van der Waals surface area contributed by atoms with E-state index in [4.69, 9.17) is 14.6 Å². The molecule has 0 rings (SSSR count). The molecule has 7 nitrogen and oxygen atoms in total. The molecule has 0 saturated heterocycles. The van der Waals surface area contributed by atoms with Gasteiger partial charge in [-0.15, -0.1) is 0 Å². The molecule has 0 aromatic carbocycles. The SMILES string of the molecule is CNC(=O)COCCOCCCC(=O)CCCCCCCCCCCCCCCCC(=O)O. The zero-order valence-corrected chi connectivity index (χ0v) is 21.0. The first kappa shape index (κ1) is 31.5. The summed E-state index contributed by atoms with van der Waals surface area (Å²) < 4.78 is 10.5. The highest BCUT2D eigenvalue weighted by Gasteiger charge is 2.03. The predicted molar refractivity (Wildman–Crippen MR) is 131 cm³/mol. The molecule has 1 amide bonds. The first-order valence-electron chi connectivity index (χ1n) is 13.2. The van der Waals surface area contributed by atoms with E-state index < -0.39 is 5.97 Å². The van der Waals surface area contributed by atoms with E-state index in [2.05, 4.69) is 5.32 Å². The number of carbonyl (C=O) groups is 3. The summed E-state index contributed by atoms with van der Waals surface area (Å²) in [6.07, 6.45) is 19.1. The second-order valence-electron chi connectivity index (χ2n) is 8.82. The van der Waals surface area contributed by atoms with Crippen LogP contribution in [-0.2, 0) is 23.9 Å². The topological polar surface area (TPSA) is 102 Å². The monoisotopic (exact) mass is 471 g/mol. The normalized spacial score (nSPS) is 10.9. The van der Waals surface area contributed by atoms with Gasteiger partial charge in [0.25, 0.3) is 0 Å². The Bertz CT molecular complexity index is 483. The number of hydrogen-bond donors (Lipinski definition) is 2. The van der Waals surface area contributed by atoms with Gasteiger partial charge in [0, 0.05) is 32.9 Å². The molecule has 0 aliphatic heterocycles. The Morgan fingerprint density at radius 3 is 1.48 bits per heavy atom. The van der Waals surface area contributed by atoms with Gasteiger partial charge in [-0.25, -0.2) is 0 Å². The highest BCUT2D eigenvalue weighted by Crippen LogP contribution is 2.14. The maximum absolute atomic E-state index is 11.9. The molecule has 7 heteroatoms. The molecule has 2 N–H and O–H groups in total. The summed E-state index contributed by atoms with van der Waals surface area (Å²) in [7, 11) is 1.57. The van der Waals surface area contributed by atoms with Crippen LogP contribution in [0, 0.1) is 0 Å². The Hall–Kier alpha value is -1.47. The molecular weight excluding hydrogens is 422 g/mol. The van der Waals surface area contributed by atoms with Crippen molar-refractivity contribution < 1.29 is 29.0 Å². The third-order valence-corrected chi connectivity index (χ3v) is 5.72. The average Bonchev–Trinajstić information content (AvgIpc) is 2.80. The van der Waals surface area contributed by atoms with Gasteiger partial charge < -0.3 is 19.9 Å². The Kier molecular flexibility index (Phi) is 24.0. The van der Waals surface area contributed by atoms with E-state index in [0.717, 1.165) is 32.1 Å². The molecule has 0 spiro atoms. The van der Waals surface area contributed by atoms with Gasteiger partial charge in [0.15, 0.2) is 0 Å². The summed E-state index contributed by atoms with van der Waals surface area (Å²) in [5.74, 6) is -0.496. The Balaban J connectivity index is 3.18. The second-order valence-corrected chi connectivity index (χ2v) is 8.82. The maximum atomic E-state index is 11.9. The lowest BCUT2D eigenvalue weighted by molar-refractivity contribution is -0.137.